The van der Waals surface area contributed by atoms with E-state index in [9.17, 15) is 4.79 Å². The molecule has 2 N–H and O–H groups in total. The summed E-state index contributed by atoms with van der Waals surface area (Å²) in [5.74, 6) is 3.23. The highest BCUT2D eigenvalue weighted by Gasteiger charge is 2.09. The summed E-state index contributed by atoms with van der Waals surface area (Å²) in [5, 5.41) is 7.16. The third-order valence-electron chi connectivity index (χ3n) is 3.90. The van der Waals surface area contributed by atoms with Gasteiger partial charge in [-0.3, -0.25) is 4.79 Å². The smallest absolute Gasteiger partial charge is 0.249 e. The number of carbonyl (C=O) groups is 1. The minimum absolute atomic E-state index is 0.263. The third kappa shape index (κ3) is 5.29. The predicted octanol–water partition coefficient (Wildman–Crippen LogP) is 3.46. The lowest BCUT2D eigenvalue weighted by Gasteiger charge is -2.10. The summed E-state index contributed by atoms with van der Waals surface area (Å²) >= 11 is 6.06. The summed E-state index contributed by atoms with van der Waals surface area (Å²) in [5.41, 5.74) is 1.94. The van der Waals surface area contributed by atoms with Crippen molar-refractivity contribution in [2.75, 3.05) is 31.3 Å². The Morgan fingerprint density at radius 3 is 2.86 bits per heavy atom. The van der Waals surface area contributed by atoms with Crippen LogP contribution in [0.5, 0.6) is 0 Å². The van der Waals surface area contributed by atoms with E-state index in [0.29, 0.717) is 39.7 Å². The Morgan fingerprint density at radius 2 is 2.10 bits per heavy atom. The molecule has 8 heteroatoms. The standard InChI is InChI=1S/C21H19ClN6O/c1-4-14-10-15(7-8-17(14)22)26-21-16-11-19(23-12-18(16)24-13-25-21)27-20(29)6-5-9-28(2)3/h1,5-8,10-13H,9H2,2-3H3,(H,23,27,29)(H,24,25,26)/b6-5+. The van der Waals surface area contributed by atoms with Gasteiger partial charge in [0.1, 0.15) is 18.0 Å². The number of aromatic nitrogens is 3. The molecule has 0 spiro atoms. The first-order valence-corrected chi connectivity index (χ1v) is 9.10. The van der Waals surface area contributed by atoms with Crippen LogP contribution in [0.25, 0.3) is 10.9 Å². The Kier molecular flexibility index (Phi) is 6.39. The minimum Gasteiger partial charge on any atom is -0.340 e. The molecule has 29 heavy (non-hydrogen) atoms. The minimum atomic E-state index is -0.263. The van der Waals surface area contributed by atoms with Crippen molar-refractivity contribution in [1.82, 2.24) is 19.9 Å². The molecule has 2 heterocycles. The van der Waals surface area contributed by atoms with E-state index in [1.165, 1.54) is 12.4 Å². The molecular weight excluding hydrogens is 388 g/mol. The van der Waals surface area contributed by atoms with E-state index in [4.69, 9.17) is 18.0 Å². The largest absolute Gasteiger partial charge is 0.340 e. The Labute approximate surface area is 173 Å². The molecular formula is C21H19ClN6O. The van der Waals surface area contributed by atoms with Gasteiger partial charge in [0.25, 0.3) is 0 Å². The van der Waals surface area contributed by atoms with Crippen molar-refractivity contribution in [2.45, 2.75) is 0 Å². The molecule has 0 saturated heterocycles. The van der Waals surface area contributed by atoms with Crippen molar-refractivity contribution in [3.8, 4) is 12.3 Å². The topological polar surface area (TPSA) is 83.0 Å². The monoisotopic (exact) mass is 406 g/mol. The lowest BCUT2D eigenvalue weighted by atomic mass is 10.2. The maximum atomic E-state index is 12.1. The lowest BCUT2D eigenvalue weighted by Crippen LogP contribution is -2.13. The lowest BCUT2D eigenvalue weighted by molar-refractivity contribution is -0.111. The Balaban J connectivity index is 1.86. The van der Waals surface area contributed by atoms with Gasteiger partial charge in [-0.25, -0.2) is 15.0 Å². The average molecular weight is 407 g/mol. The summed E-state index contributed by atoms with van der Waals surface area (Å²) in [6.07, 6.45) is 11.7. The van der Waals surface area contributed by atoms with Crippen LogP contribution in [-0.4, -0.2) is 46.4 Å². The fourth-order valence-corrected chi connectivity index (χ4v) is 2.69. The first-order chi connectivity index (χ1) is 14.0. The van der Waals surface area contributed by atoms with Crippen LogP contribution in [-0.2, 0) is 4.79 Å². The number of nitrogens with zero attached hydrogens (tertiary/aromatic N) is 4. The zero-order chi connectivity index (χ0) is 20.8. The third-order valence-corrected chi connectivity index (χ3v) is 4.23. The zero-order valence-electron chi connectivity index (χ0n) is 16.0. The molecule has 1 aromatic carbocycles. The number of rotatable bonds is 6. The van der Waals surface area contributed by atoms with Crippen molar-refractivity contribution >= 4 is 45.7 Å². The second-order valence-corrected chi connectivity index (χ2v) is 6.83. The van der Waals surface area contributed by atoms with Gasteiger partial charge in [0.2, 0.25) is 5.91 Å². The number of halogens is 1. The van der Waals surface area contributed by atoms with E-state index in [1.807, 2.05) is 19.0 Å². The number of pyridine rings is 1. The number of likely N-dealkylation sites (N-methyl/N-ethyl adjacent to an activating group) is 1. The van der Waals surface area contributed by atoms with Gasteiger partial charge in [0.05, 0.1) is 16.7 Å². The van der Waals surface area contributed by atoms with Gasteiger partial charge >= 0.3 is 0 Å². The van der Waals surface area contributed by atoms with Gasteiger partial charge < -0.3 is 15.5 Å². The molecule has 1 amide bonds. The van der Waals surface area contributed by atoms with Crippen molar-refractivity contribution < 1.29 is 4.79 Å². The molecule has 3 rings (SSSR count). The molecule has 0 radical (unpaired) electrons. The number of fused-ring (bicyclic) bond motifs is 1. The Hall–Kier alpha value is -3.47. The second kappa shape index (κ2) is 9.15. The highest BCUT2D eigenvalue weighted by atomic mass is 35.5. The van der Waals surface area contributed by atoms with Gasteiger partial charge in [-0.15, -0.1) is 6.42 Å². The van der Waals surface area contributed by atoms with Gasteiger partial charge in [-0.1, -0.05) is 23.6 Å². The van der Waals surface area contributed by atoms with Crippen LogP contribution in [0.4, 0.5) is 17.3 Å². The average Bonchev–Trinajstić information content (AvgIpc) is 2.69. The Bertz CT molecular complexity index is 1120. The molecule has 146 valence electrons. The SMILES string of the molecule is C#Cc1cc(Nc2ncnc3cnc(NC(=O)/C=C/CN(C)C)cc23)ccc1Cl. The molecule has 0 aliphatic carbocycles. The molecule has 0 aliphatic rings. The number of anilines is 3. The predicted molar refractivity (Wildman–Crippen MR) is 116 cm³/mol. The number of amides is 1. The van der Waals surface area contributed by atoms with Crippen molar-refractivity contribution in [3.05, 3.63) is 59.5 Å². The van der Waals surface area contributed by atoms with Crippen LogP contribution in [0, 0.1) is 12.3 Å². The fourth-order valence-electron chi connectivity index (χ4n) is 2.52. The van der Waals surface area contributed by atoms with Crippen molar-refractivity contribution in [2.24, 2.45) is 0 Å². The van der Waals surface area contributed by atoms with Crippen molar-refractivity contribution in [1.29, 1.82) is 0 Å². The van der Waals surface area contributed by atoms with Crippen LogP contribution in [0.1, 0.15) is 5.56 Å². The number of nitrogens with one attached hydrogen (secondary N) is 2. The maximum absolute atomic E-state index is 12.1. The normalized spacial score (nSPS) is 11.0. The number of carbonyl (C=O) groups excluding carboxylic acids is 1. The number of terminal acetylenes is 1. The first-order valence-electron chi connectivity index (χ1n) is 8.72. The molecule has 0 atom stereocenters. The molecule has 2 aromatic heterocycles. The molecule has 0 bridgehead atoms. The van der Waals surface area contributed by atoms with Crippen molar-refractivity contribution in [3.63, 3.8) is 0 Å². The van der Waals surface area contributed by atoms with E-state index < -0.39 is 0 Å². The zero-order valence-corrected chi connectivity index (χ0v) is 16.7. The Morgan fingerprint density at radius 1 is 1.28 bits per heavy atom. The van der Waals surface area contributed by atoms with Crippen LogP contribution < -0.4 is 10.6 Å². The van der Waals surface area contributed by atoms with Crippen LogP contribution in [0.15, 0.2) is 48.9 Å². The van der Waals surface area contributed by atoms with E-state index >= 15 is 0 Å². The molecule has 0 aliphatic heterocycles. The summed E-state index contributed by atoms with van der Waals surface area (Å²) in [7, 11) is 3.85. The van der Waals surface area contributed by atoms with E-state index in [1.54, 1.807) is 36.5 Å². The molecule has 3 aromatic rings. The van der Waals surface area contributed by atoms with E-state index in [-0.39, 0.29) is 5.91 Å². The molecule has 7 nitrogen and oxygen atoms in total. The summed E-state index contributed by atoms with van der Waals surface area (Å²) in [6, 6.07) is 7.00. The highest BCUT2D eigenvalue weighted by Crippen LogP contribution is 2.26. The number of hydrogen-bond acceptors (Lipinski definition) is 6. The summed E-state index contributed by atoms with van der Waals surface area (Å²) in [4.78, 5) is 26.8. The van der Waals surface area contributed by atoms with E-state index in [2.05, 4.69) is 31.5 Å². The first kappa shape index (κ1) is 20.3. The van der Waals surface area contributed by atoms with E-state index in [0.717, 1.165) is 5.69 Å². The fraction of sp³-hybridized carbons (Fsp3) is 0.143. The molecule has 0 saturated carbocycles. The van der Waals surface area contributed by atoms with Crippen LogP contribution >= 0.6 is 11.6 Å². The van der Waals surface area contributed by atoms with Gasteiger partial charge in [0.15, 0.2) is 0 Å². The highest BCUT2D eigenvalue weighted by molar-refractivity contribution is 6.31. The summed E-state index contributed by atoms with van der Waals surface area (Å²) in [6.45, 7) is 0.668. The quantitative estimate of drug-likeness (QED) is 0.482. The van der Waals surface area contributed by atoms with Gasteiger partial charge in [-0.2, -0.15) is 0 Å². The van der Waals surface area contributed by atoms with Gasteiger partial charge in [-0.05, 0) is 38.4 Å². The van der Waals surface area contributed by atoms with Crippen LogP contribution in [0.3, 0.4) is 0 Å². The summed E-state index contributed by atoms with van der Waals surface area (Å²) < 4.78 is 0. The second-order valence-electron chi connectivity index (χ2n) is 6.43. The molecule has 0 fully saturated rings. The number of benzene rings is 1. The van der Waals surface area contributed by atoms with Crippen LogP contribution in [0.2, 0.25) is 5.02 Å². The molecule has 0 unspecified atom stereocenters. The van der Waals surface area contributed by atoms with Gasteiger partial charge in [0, 0.05) is 29.3 Å². The maximum Gasteiger partial charge on any atom is 0.249 e. The number of hydrogen-bond donors (Lipinski definition) is 2.